The van der Waals surface area contributed by atoms with Gasteiger partial charge in [-0.1, -0.05) is 6.07 Å². The molecule has 2 aromatic rings. The number of halogens is 2. The van der Waals surface area contributed by atoms with Gasteiger partial charge in [-0.2, -0.15) is 0 Å². The Labute approximate surface area is 97.7 Å². The van der Waals surface area contributed by atoms with E-state index in [-0.39, 0.29) is 5.46 Å². The van der Waals surface area contributed by atoms with Crippen molar-refractivity contribution in [2.24, 2.45) is 0 Å². The minimum absolute atomic E-state index is 0.0752. The Morgan fingerprint density at radius 2 is 2.07 bits per heavy atom. The van der Waals surface area contributed by atoms with Gasteiger partial charge in [0.05, 0.1) is 0 Å². The van der Waals surface area contributed by atoms with E-state index < -0.39 is 12.9 Å². The van der Waals surface area contributed by atoms with Crippen LogP contribution >= 0.6 is 33.9 Å². The highest BCUT2D eigenvalue weighted by Gasteiger charge is 2.19. The van der Waals surface area contributed by atoms with Crippen molar-refractivity contribution in [2.45, 2.75) is 0 Å². The molecule has 2 N–H and O–H groups in total. The SMILES string of the molecule is OB(O)c1ccc2scc(I)c2c1F. The van der Waals surface area contributed by atoms with E-state index in [0.29, 0.717) is 5.39 Å². The number of rotatable bonds is 1. The molecule has 0 fully saturated rings. The summed E-state index contributed by atoms with van der Waals surface area (Å²) >= 11 is 3.46. The third-order valence-corrected chi connectivity index (χ3v) is 4.16. The molecule has 2 rings (SSSR count). The quantitative estimate of drug-likeness (QED) is 0.614. The van der Waals surface area contributed by atoms with Crippen LogP contribution in [0.4, 0.5) is 4.39 Å². The standard InChI is InChI=1S/C8H5BFIO2S/c10-8-4(9(12)13)1-2-6-7(8)5(11)3-14-6/h1-3,12-13H. The third kappa shape index (κ3) is 1.56. The highest BCUT2D eigenvalue weighted by atomic mass is 127. The van der Waals surface area contributed by atoms with E-state index in [4.69, 9.17) is 10.0 Å². The molecule has 0 saturated carbocycles. The molecule has 1 heterocycles. The van der Waals surface area contributed by atoms with Gasteiger partial charge in [0.2, 0.25) is 0 Å². The highest BCUT2D eigenvalue weighted by Crippen LogP contribution is 2.28. The van der Waals surface area contributed by atoms with Crippen molar-refractivity contribution in [3.05, 3.63) is 26.9 Å². The average Bonchev–Trinajstić information content (AvgIpc) is 2.48. The average molecular weight is 322 g/mol. The fourth-order valence-corrected chi connectivity index (χ4v) is 3.17. The van der Waals surface area contributed by atoms with Crippen LogP contribution in [-0.4, -0.2) is 17.2 Å². The van der Waals surface area contributed by atoms with Crippen LogP contribution in [0.2, 0.25) is 0 Å². The molecule has 1 aromatic carbocycles. The first-order valence-electron chi connectivity index (χ1n) is 3.82. The number of fused-ring (bicyclic) bond motifs is 1. The summed E-state index contributed by atoms with van der Waals surface area (Å²) in [5.74, 6) is -0.539. The monoisotopic (exact) mass is 322 g/mol. The lowest BCUT2D eigenvalue weighted by molar-refractivity contribution is 0.423. The van der Waals surface area contributed by atoms with Crippen molar-refractivity contribution in [1.29, 1.82) is 0 Å². The van der Waals surface area contributed by atoms with Crippen LogP contribution in [-0.2, 0) is 0 Å². The molecule has 0 saturated heterocycles. The Hall–Kier alpha value is -0.175. The van der Waals surface area contributed by atoms with Crippen molar-refractivity contribution in [3.63, 3.8) is 0 Å². The van der Waals surface area contributed by atoms with Gasteiger partial charge in [-0.15, -0.1) is 11.3 Å². The van der Waals surface area contributed by atoms with Crippen LogP contribution in [0.1, 0.15) is 0 Å². The smallest absolute Gasteiger partial charge is 0.423 e. The van der Waals surface area contributed by atoms with Gasteiger partial charge in [-0.3, -0.25) is 0 Å². The molecular weight excluding hydrogens is 317 g/mol. The second-order valence-electron chi connectivity index (χ2n) is 2.80. The summed E-state index contributed by atoms with van der Waals surface area (Å²) in [6.45, 7) is 0. The maximum Gasteiger partial charge on any atom is 0.491 e. The maximum atomic E-state index is 13.7. The lowest BCUT2D eigenvalue weighted by Gasteiger charge is -2.02. The molecule has 2 nitrogen and oxygen atoms in total. The minimum atomic E-state index is -1.75. The molecular formula is C8H5BFIO2S. The molecule has 1 aromatic heterocycles. The zero-order chi connectivity index (χ0) is 10.3. The van der Waals surface area contributed by atoms with Gasteiger partial charge in [0, 0.05) is 24.5 Å². The zero-order valence-corrected chi connectivity index (χ0v) is 9.84. The van der Waals surface area contributed by atoms with Gasteiger partial charge in [0.25, 0.3) is 0 Å². The summed E-state index contributed by atoms with van der Waals surface area (Å²) in [6.07, 6.45) is 0. The molecule has 14 heavy (non-hydrogen) atoms. The first kappa shape index (κ1) is 10.3. The fourth-order valence-electron chi connectivity index (χ4n) is 1.27. The maximum absolute atomic E-state index is 13.7. The Morgan fingerprint density at radius 1 is 1.36 bits per heavy atom. The van der Waals surface area contributed by atoms with E-state index in [0.717, 1.165) is 8.27 Å². The zero-order valence-electron chi connectivity index (χ0n) is 6.87. The molecule has 6 heteroatoms. The van der Waals surface area contributed by atoms with E-state index in [2.05, 4.69) is 0 Å². The fraction of sp³-hybridized carbons (Fsp3) is 0. The molecule has 0 aliphatic heterocycles. The number of hydrogen-bond acceptors (Lipinski definition) is 3. The van der Waals surface area contributed by atoms with Gasteiger partial charge in [-0.25, -0.2) is 4.39 Å². The first-order valence-corrected chi connectivity index (χ1v) is 5.78. The van der Waals surface area contributed by atoms with Crippen LogP contribution < -0.4 is 5.46 Å². The molecule has 0 amide bonds. The van der Waals surface area contributed by atoms with Crippen LogP contribution in [0, 0.1) is 9.39 Å². The second kappa shape index (κ2) is 3.76. The van der Waals surface area contributed by atoms with Crippen molar-refractivity contribution < 1.29 is 14.4 Å². The van der Waals surface area contributed by atoms with Crippen LogP contribution in [0.5, 0.6) is 0 Å². The van der Waals surface area contributed by atoms with Crippen LogP contribution in [0.15, 0.2) is 17.5 Å². The molecule has 0 aliphatic rings. The molecule has 0 atom stereocenters. The van der Waals surface area contributed by atoms with E-state index in [1.807, 2.05) is 28.0 Å². The molecule has 0 radical (unpaired) electrons. The first-order chi connectivity index (χ1) is 6.61. The van der Waals surface area contributed by atoms with Gasteiger partial charge < -0.3 is 10.0 Å². The number of thiophene rings is 1. The van der Waals surface area contributed by atoms with Crippen molar-refractivity contribution in [2.75, 3.05) is 0 Å². The molecule has 0 spiro atoms. The topological polar surface area (TPSA) is 40.5 Å². The lowest BCUT2D eigenvalue weighted by Crippen LogP contribution is -2.32. The second-order valence-corrected chi connectivity index (χ2v) is 4.87. The Bertz CT molecular complexity index is 485. The Kier molecular flexibility index (Phi) is 2.78. The normalized spacial score (nSPS) is 10.9. The summed E-state index contributed by atoms with van der Waals surface area (Å²) in [6, 6.07) is 3.09. The van der Waals surface area contributed by atoms with Crippen molar-refractivity contribution >= 4 is 56.6 Å². The van der Waals surface area contributed by atoms with Crippen LogP contribution in [0.3, 0.4) is 0 Å². The largest absolute Gasteiger partial charge is 0.491 e. The van der Waals surface area contributed by atoms with Crippen molar-refractivity contribution in [3.8, 4) is 0 Å². The molecule has 0 unspecified atom stereocenters. The lowest BCUT2D eigenvalue weighted by atomic mass is 9.79. The Balaban J connectivity index is 2.79. The highest BCUT2D eigenvalue weighted by molar-refractivity contribution is 14.1. The van der Waals surface area contributed by atoms with Crippen LogP contribution in [0.25, 0.3) is 10.1 Å². The number of benzene rings is 1. The summed E-state index contributed by atoms with van der Waals surface area (Å²) < 4.78 is 15.3. The summed E-state index contributed by atoms with van der Waals surface area (Å²) in [7, 11) is -1.75. The van der Waals surface area contributed by atoms with Gasteiger partial charge in [-0.05, 0) is 28.7 Å². The summed E-state index contributed by atoms with van der Waals surface area (Å²) in [4.78, 5) is 0. The molecule has 0 bridgehead atoms. The van der Waals surface area contributed by atoms with Gasteiger partial charge in [0.15, 0.2) is 0 Å². The summed E-state index contributed by atoms with van der Waals surface area (Å²) in [5, 5.41) is 20.1. The third-order valence-electron chi connectivity index (χ3n) is 1.94. The van der Waals surface area contributed by atoms with Gasteiger partial charge in [0.1, 0.15) is 5.82 Å². The summed E-state index contributed by atoms with van der Waals surface area (Å²) in [5.41, 5.74) is -0.0752. The van der Waals surface area contributed by atoms with Gasteiger partial charge >= 0.3 is 7.12 Å². The van der Waals surface area contributed by atoms with E-state index in [1.54, 1.807) is 6.07 Å². The van der Waals surface area contributed by atoms with E-state index in [9.17, 15) is 4.39 Å². The molecule has 72 valence electrons. The Morgan fingerprint density at radius 3 is 2.71 bits per heavy atom. The minimum Gasteiger partial charge on any atom is -0.423 e. The van der Waals surface area contributed by atoms with E-state index >= 15 is 0 Å². The number of hydrogen-bond donors (Lipinski definition) is 2. The predicted molar refractivity (Wildman–Crippen MR) is 64.3 cm³/mol. The predicted octanol–water partition coefficient (Wildman–Crippen LogP) is 1.32. The molecule has 0 aliphatic carbocycles. The van der Waals surface area contributed by atoms with Crippen molar-refractivity contribution in [1.82, 2.24) is 0 Å². The van der Waals surface area contributed by atoms with E-state index in [1.165, 1.54) is 17.4 Å².